The number of aromatic nitrogens is 1. The van der Waals surface area contributed by atoms with Crippen molar-refractivity contribution < 1.29 is 0 Å². The van der Waals surface area contributed by atoms with Crippen LogP contribution in [0.25, 0.3) is 0 Å². The van der Waals surface area contributed by atoms with Crippen molar-refractivity contribution in [3.63, 3.8) is 0 Å². The van der Waals surface area contributed by atoms with E-state index >= 15 is 0 Å². The van der Waals surface area contributed by atoms with E-state index in [1.165, 1.54) is 5.69 Å². The Balaban J connectivity index is 2.86. The molecule has 0 spiro atoms. The first-order chi connectivity index (χ1) is 6.31. The molecule has 0 amide bonds. The molecule has 0 aliphatic rings. The topological polar surface area (TPSA) is 16.1 Å². The third kappa shape index (κ3) is 2.44. The predicted octanol–water partition coefficient (Wildman–Crippen LogP) is 2.49. The molecule has 0 aliphatic carbocycles. The first kappa shape index (κ1) is 10.0. The summed E-state index contributed by atoms with van der Waals surface area (Å²) in [6, 6.07) is 6.23. The second-order valence-corrected chi connectivity index (χ2v) is 3.01. The van der Waals surface area contributed by atoms with Gasteiger partial charge < -0.3 is 4.90 Å². The summed E-state index contributed by atoms with van der Waals surface area (Å²) in [6.45, 7) is 8.50. The van der Waals surface area contributed by atoms with Crippen LogP contribution >= 0.6 is 0 Å². The van der Waals surface area contributed by atoms with Gasteiger partial charge in [0, 0.05) is 18.8 Å². The lowest BCUT2D eigenvalue weighted by Gasteiger charge is -2.19. The molecular weight excluding hydrogens is 160 g/mol. The fraction of sp³-hybridized carbons (Fsp3) is 0.545. The molecule has 0 radical (unpaired) electrons. The van der Waals surface area contributed by atoms with Gasteiger partial charge in [-0.15, -0.1) is 0 Å². The van der Waals surface area contributed by atoms with Gasteiger partial charge in [-0.05, 0) is 32.4 Å². The zero-order valence-electron chi connectivity index (χ0n) is 8.75. The molecule has 1 heterocycles. The number of pyridine rings is 1. The van der Waals surface area contributed by atoms with E-state index in [-0.39, 0.29) is 0 Å². The van der Waals surface area contributed by atoms with Gasteiger partial charge >= 0.3 is 0 Å². The second kappa shape index (κ2) is 4.85. The Morgan fingerprint density at radius 1 is 1.15 bits per heavy atom. The summed E-state index contributed by atoms with van der Waals surface area (Å²) in [6.07, 6.45) is 1.01. The van der Waals surface area contributed by atoms with Crippen molar-refractivity contribution in [2.75, 3.05) is 18.0 Å². The summed E-state index contributed by atoms with van der Waals surface area (Å²) in [5, 5.41) is 0. The van der Waals surface area contributed by atoms with E-state index in [9.17, 15) is 0 Å². The van der Waals surface area contributed by atoms with Crippen molar-refractivity contribution >= 4 is 5.82 Å². The monoisotopic (exact) mass is 178 g/mol. The fourth-order valence-corrected chi connectivity index (χ4v) is 1.39. The minimum absolute atomic E-state index is 1.01. The molecule has 0 bridgehead atoms. The number of hydrogen-bond donors (Lipinski definition) is 0. The summed E-state index contributed by atoms with van der Waals surface area (Å²) in [7, 11) is 0. The molecule has 0 unspecified atom stereocenters. The molecule has 0 saturated carbocycles. The van der Waals surface area contributed by atoms with Crippen LogP contribution in [0.4, 0.5) is 5.82 Å². The third-order valence-electron chi connectivity index (χ3n) is 2.24. The highest BCUT2D eigenvalue weighted by Gasteiger charge is 2.02. The third-order valence-corrected chi connectivity index (χ3v) is 2.24. The van der Waals surface area contributed by atoms with Crippen LogP contribution in [0.5, 0.6) is 0 Å². The first-order valence-corrected chi connectivity index (χ1v) is 5.02. The van der Waals surface area contributed by atoms with E-state index in [1.807, 2.05) is 0 Å². The average Bonchev–Trinajstić information content (AvgIpc) is 2.20. The van der Waals surface area contributed by atoms with Crippen molar-refractivity contribution in [3.05, 3.63) is 23.9 Å². The summed E-state index contributed by atoms with van der Waals surface area (Å²) in [4.78, 5) is 6.82. The van der Waals surface area contributed by atoms with Crippen molar-refractivity contribution in [2.45, 2.75) is 27.2 Å². The van der Waals surface area contributed by atoms with Gasteiger partial charge in [-0.2, -0.15) is 0 Å². The number of anilines is 1. The summed E-state index contributed by atoms with van der Waals surface area (Å²) < 4.78 is 0. The van der Waals surface area contributed by atoms with Crippen LogP contribution in [0.15, 0.2) is 18.2 Å². The zero-order valence-corrected chi connectivity index (χ0v) is 8.75. The van der Waals surface area contributed by atoms with Crippen LogP contribution in [0, 0.1) is 0 Å². The van der Waals surface area contributed by atoms with Gasteiger partial charge in [0.25, 0.3) is 0 Å². The highest BCUT2D eigenvalue weighted by molar-refractivity contribution is 5.38. The Labute approximate surface area is 80.6 Å². The van der Waals surface area contributed by atoms with Crippen LogP contribution in [0.3, 0.4) is 0 Å². The highest BCUT2D eigenvalue weighted by Crippen LogP contribution is 2.10. The Hall–Kier alpha value is -1.05. The Morgan fingerprint density at radius 2 is 1.85 bits per heavy atom. The molecule has 1 aromatic rings. The highest BCUT2D eigenvalue weighted by atomic mass is 15.2. The molecule has 0 saturated heterocycles. The molecule has 0 atom stereocenters. The van der Waals surface area contributed by atoms with Gasteiger partial charge in [-0.3, -0.25) is 0 Å². The van der Waals surface area contributed by atoms with E-state index in [2.05, 4.69) is 48.9 Å². The minimum atomic E-state index is 1.01. The fourth-order valence-electron chi connectivity index (χ4n) is 1.39. The summed E-state index contributed by atoms with van der Waals surface area (Å²) in [5.74, 6) is 1.10. The summed E-state index contributed by atoms with van der Waals surface area (Å²) in [5.41, 5.74) is 1.17. The molecule has 0 aromatic carbocycles. The van der Waals surface area contributed by atoms with Gasteiger partial charge in [0.15, 0.2) is 0 Å². The van der Waals surface area contributed by atoms with Crippen LogP contribution < -0.4 is 4.90 Å². The van der Waals surface area contributed by atoms with Gasteiger partial charge in [0.05, 0.1) is 0 Å². The van der Waals surface area contributed by atoms with Gasteiger partial charge in [-0.1, -0.05) is 13.0 Å². The van der Waals surface area contributed by atoms with Crippen molar-refractivity contribution in [1.29, 1.82) is 0 Å². The number of aryl methyl sites for hydroxylation is 1. The molecule has 0 N–H and O–H groups in total. The van der Waals surface area contributed by atoms with Crippen LogP contribution in [0.1, 0.15) is 26.5 Å². The summed E-state index contributed by atoms with van der Waals surface area (Å²) >= 11 is 0. The molecule has 13 heavy (non-hydrogen) atoms. The standard InChI is InChI=1S/C11H18N2/c1-4-10-8-7-9-11(12-10)13(5-2)6-3/h7-9H,4-6H2,1-3H3. The van der Waals surface area contributed by atoms with Gasteiger partial charge in [0.1, 0.15) is 5.82 Å². The maximum Gasteiger partial charge on any atom is 0.128 e. The molecule has 1 aromatic heterocycles. The number of hydrogen-bond acceptors (Lipinski definition) is 2. The first-order valence-electron chi connectivity index (χ1n) is 5.02. The molecular formula is C11H18N2. The van der Waals surface area contributed by atoms with Crippen molar-refractivity contribution in [2.24, 2.45) is 0 Å². The molecule has 72 valence electrons. The lowest BCUT2D eigenvalue weighted by atomic mass is 10.3. The Bertz CT molecular complexity index is 254. The minimum Gasteiger partial charge on any atom is -0.357 e. The smallest absolute Gasteiger partial charge is 0.128 e. The SMILES string of the molecule is CCc1cccc(N(CC)CC)n1. The second-order valence-electron chi connectivity index (χ2n) is 3.01. The average molecular weight is 178 g/mol. The molecule has 2 nitrogen and oxygen atoms in total. The van der Waals surface area contributed by atoms with Gasteiger partial charge in [-0.25, -0.2) is 4.98 Å². The molecule has 0 aliphatic heterocycles. The predicted molar refractivity (Wildman–Crippen MR) is 57.2 cm³/mol. The lowest BCUT2D eigenvalue weighted by molar-refractivity contribution is 0.837. The van der Waals surface area contributed by atoms with Crippen LogP contribution in [0.2, 0.25) is 0 Å². The van der Waals surface area contributed by atoms with Crippen molar-refractivity contribution in [1.82, 2.24) is 4.98 Å². The molecule has 1 rings (SSSR count). The maximum absolute atomic E-state index is 4.56. The maximum atomic E-state index is 4.56. The van der Waals surface area contributed by atoms with E-state index in [4.69, 9.17) is 0 Å². The van der Waals surface area contributed by atoms with Gasteiger partial charge in [0.2, 0.25) is 0 Å². The quantitative estimate of drug-likeness (QED) is 0.704. The Morgan fingerprint density at radius 3 is 2.38 bits per heavy atom. The molecule has 2 heteroatoms. The Kier molecular flexibility index (Phi) is 3.74. The van der Waals surface area contributed by atoms with E-state index in [1.54, 1.807) is 0 Å². The molecule has 0 fully saturated rings. The van der Waals surface area contributed by atoms with Crippen molar-refractivity contribution in [3.8, 4) is 0 Å². The number of rotatable bonds is 4. The zero-order chi connectivity index (χ0) is 9.68. The lowest BCUT2D eigenvalue weighted by Crippen LogP contribution is -2.23. The number of nitrogens with zero attached hydrogens (tertiary/aromatic N) is 2. The van der Waals surface area contributed by atoms with Crippen LogP contribution in [-0.2, 0) is 6.42 Å². The largest absolute Gasteiger partial charge is 0.357 e. The normalized spacial score (nSPS) is 10.1. The van der Waals surface area contributed by atoms with E-state index < -0.39 is 0 Å². The van der Waals surface area contributed by atoms with E-state index in [0.717, 1.165) is 25.3 Å². The van der Waals surface area contributed by atoms with E-state index in [0.29, 0.717) is 0 Å². The van der Waals surface area contributed by atoms with Crippen LogP contribution in [-0.4, -0.2) is 18.1 Å².